The predicted octanol–water partition coefficient (Wildman–Crippen LogP) is 4.64. The molecule has 0 atom stereocenters. The van der Waals surface area contributed by atoms with Crippen LogP contribution in [0.4, 0.5) is 10.8 Å². The summed E-state index contributed by atoms with van der Waals surface area (Å²) in [6.45, 7) is 0. The maximum atomic E-state index is 12.5. The molecule has 4 rings (SSSR count). The summed E-state index contributed by atoms with van der Waals surface area (Å²) in [7, 11) is 0. The minimum atomic E-state index is -0.427. The van der Waals surface area contributed by atoms with Crippen LogP contribution >= 0.6 is 11.3 Å². The fraction of sp³-hybridized carbons (Fsp3) is 0.0526. The lowest BCUT2D eigenvalue weighted by atomic mass is 10.1. The van der Waals surface area contributed by atoms with Gasteiger partial charge in [0.15, 0.2) is 5.13 Å². The third-order valence-electron chi connectivity index (χ3n) is 4.03. The molecule has 0 saturated heterocycles. The largest absolute Gasteiger partial charge is 0.463 e. The molecule has 0 fully saturated rings. The van der Waals surface area contributed by atoms with E-state index in [0.29, 0.717) is 22.7 Å². The summed E-state index contributed by atoms with van der Waals surface area (Å²) in [6, 6.07) is 13.7. The molecule has 0 aliphatic carbocycles. The number of rotatable bonds is 5. The molecular formula is C19H13N3O4S. The second kappa shape index (κ2) is 7.00. The lowest BCUT2D eigenvalue weighted by molar-refractivity contribution is -0.384. The smallest absolute Gasteiger partial charge is 0.269 e. The molecule has 7 nitrogen and oxygen atoms in total. The van der Waals surface area contributed by atoms with Crippen LogP contribution in [-0.4, -0.2) is 15.8 Å². The molecule has 1 amide bonds. The minimum absolute atomic E-state index is 0.0587. The van der Waals surface area contributed by atoms with Crippen molar-refractivity contribution in [3.05, 3.63) is 87.1 Å². The van der Waals surface area contributed by atoms with Crippen molar-refractivity contribution in [3.8, 4) is 0 Å². The van der Waals surface area contributed by atoms with Crippen molar-refractivity contribution in [3.63, 3.8) is 0 Å². The number of nitro benzene ring substituents is 1. The highest BCUT2D eigenvalue weighted by atomic mass is 32.1. The van der Waals surface area contributed by atoms with Crippen LogP contribution in [0.25, 0.3) is 11.0 Å². The van der Waals surface area contributed by atoms with Crippen LogP contribution in [0.15, 0.2) is 65.4 Å². The van der Waals surface area contributed by atoms with E-state index in [-0.39, 0.29) is 11.6 Å². The zero-order valence-electron chi connectivity index (χ0n) is 13.9. The molecule has 0 saturated carbocycles. The quantitative estimate of drug-likeness (QED) is 0.402. The second-order valence-corrected chi connectivity index (χ2v) is 6.95. The minimum Gasteiger partial charge on any atom is -0.463 e. The second-order valence-electron chi connectivity index (χ2n) is 5.83. The number of nitrogens with one attached hydrogen (secondary N) is 1. The molecular weight excluding hydrogens is 366 g/mol. The highest BCUT2D eigenvalue weighted by Crippen LogP contribution is 2.25. The van der Waals surface area contributed by atoms with Gasteiger partial charge in [0.1, 0.15) is 11.8 Å². The number of nitrogens with zero attached hydrogens (tertiary/aromatic N) is 2. The van der Waals surface area contributed by atoms with Gasteiger partial charge in [-0.2, -0.15) is 0 Å². The zero-order chi connectivity index (χ0) is 18.8. The monoisotopic (exact) mass is 379 g/mol. The van der Waals surface area contributed by atoms with E-state index in [2.05, 4.69) is 10.3 Å². The van der Waals surface area contributed by atoms with Gasteiger partial charge in [0, 0.05) is 35.0 Å². The van der Waals surface area contributed by atoms with Crippen molar-refractivity contribution in [2.45, 2.75) is 6.42 Å². The Labute approximate surface area is 157 Å². The number of non-ortho nitro benzene ring substituents is 1. The highest BCUT2D eigenvalue weighted by Gasteiger charge is 2.15. The van der Waals surface area contributed by atoms with E-state index in [9.17, 15) is 14.9 Å². The summed E-state index contributed by atoms with van der Waals surface area (Å²) in [6.07, 6.45) is 3.71. The van der Waals surface area contributed by atoms with E-state index >= 15 is 0 Å². The van der Waals surface area contributed by atoms with Gasteiger partial charge in [-0.1, -0.05) is 30.3 Å². The Morgan fingerprint density at radius 2 is 1.96 bits per heavy atom. The van der Waals surface area contributed by atoms with Crippen LogP contribution in [0.3, 0.4) is 0 Å². The summed E-state index contributed by atoms with van der Waals surface area (Å²) < 4.78 is 5.39. The number of benzene rings is 2. The Bertz CT molecular complexity index is 1130. The number of fused-ring (bicyclic) bond motifs is 1. The van der Waals surface area contributed by atoms with Crippen molar-refractivity contribution in [2.75, 3.05) is 5.32 Å². The first kappa shape index (κ1) is 16.9. The molecule has 2 heterocycles. The van der Waals surface area contributed by atoms with E-state index in [0.717, 1.165) is 15.8 Å². The molecule has 0 aliphatic rings. The molecule has 2 aromatic heterocycles. The Morgan fingerprint density at radius 1 is 1.19 bits per heavy atom. The lowest BCUT2D eigenvalue weighted by Gasteiger charge is -1.99. The number of furan rings is 1. The molecule has 8 heteroatoms. The number of nitro groups is 1. The summed E-state index contributed by atoms with van der Waals surface area (Å²) in [5.41, 5.74) is 2.10. The van der Waals surface area contributed by atoms with Gasteiger partial charge in [0.2, 0.25) is 0 Å². The average Bonchev–Trinajstić information content (AvgIpc) is 3.29. The van der Waals surface area contributed by atoms with Crippen LogP contribution in [-0.2, 0) is 6.42 Å². The number of hydrogen-bond acceptors (Lipinski definition) is 6. The number of para-hydroxylation sites is 1. The van der Waals surface area contributed by atoms with E-state index in [1.54, 1.807) is 24.4 Å². The van der Waals surface area contributed by atoms with Gasteiger partial charge in [0.05, 0.1) is 10.5 Å². The maximum absolute atomic E-state index is 12.5. The molecule has 0 unspecified atom stereocenters. The van der Waals surface area contributed by atoms with Crippen LogP contribution in [0, 0.1) is 10.1 Å². The molecule has 134 valence electrons. The van der Waals surface area contributed by atoms with Crippen molar-refractivity contribution in [1.29, 1.82) is 0 Å². The Hall–Kier alpha value is -3.52. The van der Waals surface area contributed by atoms with Gasteiger partial charge in [-0.3, -0.25) is 20.2 Å². The van der Waals surface area contributed by atoms with Crippen molar-refractivity contribution < 1.29 is 14.1 Å². The molecule has 0 spiro atoms. The molecule has 0 bridgehead atoms. The van der Waals surface area contributed by atoms with E-state index in [1.807, 2.05) is 18.2 Å². The normalized spacial score (nSPS) is 10.8. The zero-order valence-corrected chi connectivity index (χ0v) is 14.7. The van der Waals surface area contributed by atoms with Gasteiger partial charge in [-0.15, -0.1) is 11.3 Å². The summed E-state index contributed by atoms with van der Waals surface area (Å²) in [4.78, 5) is 27.9. The highest BCUT2D eigenvalue weighted by molar-refractivity contribution is 7.15. The number of thiazole rings is 1. The standard InChI is InChI=1S/C19H13N3O4S/c23-18(16-11-26-17-4-2-1-3-15(16)17)21-19-20-10-14(27-19)9-12-5-7-13(8-6-12)22(24)25/h1-8,10-11H,9H2,(H,20,21,23). The number of hydrogen-bond donors (Lipinski definition) is 1. The first-order chi connectivity index (χ1) is 13.1. The number of anilines is 1. The third kappa shape index (κ3) is 3.56. The number of amides is 1. The van der Waals surface area contributed by atoms with E-state index in [1.165, 1.54) is 29.7 Å². The first-order valence-corrected chi connectivity index (χ1v) is 8.87. The van der Waals surface area contributed by atoms with Crippen LogP contribution in [0.1, 0.15) is 20.8 Å². The van der Waals surface area contributed by atoms with Gasteiger partial charge in [0.25, 0.3) is 11.6 Å². The van der Waals surface area contributed by atoms with Gasteiger partial charge in [-0.25, -0.2) is 4.98 Å². The third-order valence-corrected chi connectivity index (χ3v) is 4.94. The van der Waals surface area contributed by atoms with Crippen LogP contribution in [0.5, 0.6) is 0 Å². The maximum Gasteiger partial charge on any atom is 0.269 e. The molecule has 0 radical (unpaired) electrons. The average molecular weight is 379 g/mol. The van der Waals surface area contributed by atoms with Crippen LogP contribution < -0.4 is 5.32 Å². The van der Waals surface area contributed by atoms with E-state index < -0.39 is 4.92 Å². The molecule has 1 N–H and O–H groups in total. The lowest BCUT2D eigenvalue weighted by Crippen LogP contribution is -2.10. The fourth-order valence-corrected chi connectivity index (χ4v) is 3.54. The van der Waals surface area contributed by atoms with Gasteiger partial charge in [-0.05, 0) is 11.6 Å². The summed E-state index contributed by atoms with van der Waals surface area (Å²) in [5.74, 6) is -0.281. The molecule has 4 aromatic rings. The van der Waals surface area contributed by atoms with E-state index in [4.69, 9.17) is 4.42 Å². The van der Waals surface area contributed by atoms with Crippen molar-refractivity contribution in [2.24, 2.45) is 0 Å². The van der Waals surface area contributed by atoms with Gasteiger partial charge >= 0.3 is 0 Å². The summed E-state index contributed by atoms with van der Waals surface area (Å²) in [5, 5.41) is 14.7. The first-order valence-electron chi connectivity index (χ1n) is 8.06. The number of carbonyl (C=O) groups is 1. The van der Waals surface area contributed by atoms with Gasteiger partial charge < -0.3 is 4.42 Å². The topological polar surface area (TPSA) is 98.3 Å². The fourth-order valence-electron chi connectivity index (χ4n) is 2.70. The molecule has 0 aliphatic heterocycles. The van der Waals surface area contributed by atoms with Crippen LogP contribution in [0.2, 0.25) is 0 Å². The predicted molar refractivity (Wildman–Crippen MR) is 102 cm³/mol. The van der Waals surface area contributed by atoms with Crippen molar-refractivity contribution in [1.82, 2.24) is 4.98 Å². The Balaban J connectivity index is 1.46. The SMILES string of the molecule is O=C(Nc1ncc(Cc2ccc([N+](=O)[O-])cc2)s1)c1coc2ccccc12. The van der Waals surface area contributed by atoms with Crippen molar-refractivity contribution >= 4 is 39.0 Å². The Morgan fingerprint density at radius 3 is 2.74 bits per heavy atom. The number of carbonyl (C=O) groups excluding carboxylic acids is 1. The molecule has 27 heavy (non-hydrogen) atoms. The Kier molecular flexibility index (Phi) is 4.39. The molecule has 2 aromatic carbocycles. The number of aromatic nitrogens is 1. The summed E-state index contributed by atoms with van der Waals surface area (Å²) >= 11 is 1.36.